The van der Waals surface area contributed by atoms with E-state index in [0.717, 1.165) is 18.4 Å². The van der Waals surface area contributed by atoms with Crippen LogP contribution in [0.25, 0.3) is 0 Å². The monoisotopic (exact) mass is 342 g/mol. The summed E-state index contributed by atoms with van der Waals surface area (Å²) in [6.45, 7) is 3.72. The third-order valence-corrected chi connectivity index (χ3v) is 5.79. The predicted octanol–water partition coefficient (Wildman–Crippen LogP) is 1.69. The first-order chi connectivity index (χ1) is 10.8. The summed E-state index contributed by atoms with van der Waals surface area (Å²) in [5.74, 6) is -0.630. The Kier molecular flexibility index (Phi) is 5.41. The predicted molar refractivity (Wildman–Crippen MR) is 87.0 cm³/mol. The summed E-state index contributed by atoms with van der Waals surface area (Å²) in [6.07, 6.45) is 2.35. The zero-order valence-electron chi connectivity index (χ0n) is 13.4. The Labute approximate surface area is 136 Å². The van der Waals surface area contributed by atoms with E-state index in [0.29, 0.717) is 13.0 Å². The summed E-state index contributed by atoms with van der Waals surface area (Å²) in [5.41, 5.74) is 0.851. The molecule has 0 aliphatic heterocycles. The van der Waals surface area contributed by atoms with E-state index in [4.69, 9.17) is 0 Å². The van der Waals surface area contributed by atoms with Crippen molar-refractivity contribution >= 4 is 15.9 Å². The molecule has 2 rings (SSSR count). The molecular formula is C16H23FN2O3S. The zero-order chi connectivity index (χ0) is 17.1. The van der Waals surface area contributed by atoms with Gasteiger partial charge in [-0.05, 0) is 43.9 Å². The van der Waals surface area contributed by atoms with E-state index in [1.54, 1.807) is 19.1 Å². The molecule has 5 nitrogen and oxygen atoms in total. The largest absolute Gasteiger partial charge is 0.354 e. The number of carbonyl (C=O) groups is 1. The summed E-state index contributed by atoms with van der Waals surface area (Å²) in [6, 6.07) is 5.50. The molecule has 1 saturated carbocycles. The van der Waals surface area contributed by atoms with Gasteiger partial charge in [0.2, 0.25) is 15.9 Å². The number of rotatable bonds is 8. The van der Waals surface area contributed by atoms with Crippen molar-refractivity contribution in [1.82, 2.24) is 10.0 Å². The fourth-order valence-electron chi connectivity index (χ4n) is 2.58. The van der Waals surface area contributed by atoms with Gasteiger partial charge in [0.05, 0.1) is 11.8 Å². The number of amides is 1. The van der Waals surface area contributed by atoms with Crippen LogP contribution in [0.4, 0.5) is 4.39 Å². The molecule has 1 fully saturated rings. The van der Waals surface area contributed by atoms with Crippen molar-refractivity contribution in [3.05, 3.63) is 35.6 Å². The lowest BCUT2D eigenvalue weighted by molar-refractivity contribution is -0.122. The Hall–Kier alpha value is -1.47. The van der Waals surface area contributed by atoms with Crippen molar-refractivity contribution in [2.45, 2.75) is 44.6 Å². The van der Waals surface area contributed by atoms with Gasteiger partial charge in [0.1, 0.15) is 5.82 Å². The highest BCUT2D eigenvalue weighted by Gasteiger charge is 2.44. The number of halogens is 1. The van der Waals surface area contributed by atoms with Gasteiger partial charge >= 0.3 is 0 Å². The summed E-state index contributed by atoms with van der Waals surface area (Å²) in [7, 11) is -3.42. The van der Waals surface area contributed by atoms with E-state index < -0.39 is 16.1 Å². The third-order valence-electron chi connectivity index (χ3n) is 4.13. The average Bonchev–Trinajstić information content (AvgIpc) is 3.26. The first-order valence-corrected chi connectivity index (χ1v) is 9.47. The fraction of sp³-hybridized carbons (Fsp3) is 0.562. The number of sulfonamides is 1. The first kappa shape index (κ1) is 17.9. The van der Waals surface area contributed by atoms with Crippen LogP contribution in [0, 0.1) is 5.82 Å². The summed E-state index contributed by atoms with van der Waals surface area (Å²) in [4.78, 5) is 12.1. The molecule has 23 heavy (non-hydrogen) atoms. The number of carbonyl (C=O) groups excluding carboxylic acids is 1. The Bertz CT molecular complexity index is 654. The van der Waals surface area contributed by atoms with E-state index >= 15 is 0 Å². The Morgan fingerprint density at radius 2 is 1.91 bits per heavy atom. The number of hydrogen-bond acceptors (Lipinski definition) is 3. The van der Waals surface area contributed by atoms with Crippen molar-refractivity contribution in [2.24, 2.45) is 0 Å². The molecule has 0 spiro atoms. The maximum Gasteiger partial charge on any atom is 0.237 e. The van der Waals surface area contributed by atoms with Crippen LogP contribution in [-0.2, 0) is 20.2 Å². The highest BCUT2D eigenvalue weighted by molar-refractivity contribution is 7.89. The molecule has 0 saturated heterocycles. The molecule has 0 radical (unpaired) electrons. The van der Waals surface area contributed by atoms with Gasteiger partial charge in [-0.25, -0.2) is 17.5 Å². The third kappa shape index (κ3) is 4.75. The van der Waals surface area contributed by atoms with Crippen LogP contribution in [-0.4, -0.2) is 32.7 Å². The van der Waals surface area contributed by atoms with Crippen LogP contribution < -0.4 is 10.0 Å². The van der Waals surface area contributed by atoms with Crippen molar-refractivity contribution in [1.29, 1.82) is 0 Å². The first-order valence-electron chi connectivity index (χ1n) is 7.82. The maximum atomic E-state index is 13.0. The van der Waals surface area contributed by atoms with Crippen molar-refractivity contribution in [3.63, 3.8) is 0 Å². The van der Waals surface area contributed by atoms with E-state index in [2.05, 4.69) is 10.0 Å². The van der Waals surface area contributed by atoms with Gasteiger partial charge in [-0.15, -0.1) is 0 Å². The van der Waals surface area contributed by atoms with E-state index in [-0.39, 0.29) is 22.9 Å². The van der Waals surface area contributed by atoms with Gasteiger partial charge in [-0.2, -0.15) is 0 Å². The molecule has 0 bridgehead atoms. The summed E-state index contributed by atoms with van der Waals surface area (Å²) in [5, 5.41) is 2.80. The Morgan fingerprint density at radius 1 is 1.30 bits per heavy atom. The van der Waals surface area contributed by atoms with Crippen LogP contribution >= 0.6 is 0 Å². The molecular weight excluding hydrogens is 319 g/mol. The van der Waals surface area contributed by atoms with Gasteiger partial charge in [0.15, 0.2) is 0 Å². The standard InChI is InChI=1S/C16H23FN2O3S/c1-3-10-23(21,22)19-12(2)15(20)18-11-16(8-9-16)13-4-6-14(17)7-5-13/h4-7,12,19H,3,8-11H2,1-2H3,(H,18,20). The van der Waals surface area contributed by atoms with Gasteiger partial charge < -0.3 is 5.32 Å². The summed E-state index contributed by atoms with van der Waals surface area (Å²) >= 11 is 0. The average molecular weight is 342 g/mol. The van der Waals surface area contributed by atoms with E-state index in [9.17, 15) is 17.6 Å². The Balaban J connectivity index is 1.90. The molecule has 1 amide bonds. The number of benzene rings is 1. The minimum atomic E-state index is -3.42. The van der Waals surface area contributed by atoms with Gasteiger partial charge in [0.25, 0.3) is 0 Å². The maximum absolute atomic E-state index is 13.0. The second-order valence-electron chi connectivity index (χ2n) is 6.16. The second kappa shape index (κ2) is 6.97. The lowest BCUT2D eigenvalue weighted by Crippen LogP contribution is -2.47. The zero-order valence-corrected chi connectivity index (χ0v) is 14.2. The molecule has 0 heterocycles. The molecule has 128 valence electrons. The number of nitrogens with one attached hydrogen (secondary N) is 2. The van der Waals surface area contributed by atoms with Crippen LogP contribution in [0.5, 0.6) is 0 Å². The van der Waals surface area contributed by atoms with Crippen LogP contribution in [0.2, 0.25) is 0 Å². The van der Waals surface area contributed by atoms with Crippen molar-refractivity contribution in [2.75, 3.05) is 12.3 Å². The normalized spacial score (nSPS) is 17.5. The lowest BCUT2D eigenvalue weighted by atomic mass is 9.96. The lowest BCUT2D eigenvalue weighted by Gasteiger charge is -2.19. The van der Waals surface area contributed by atoms with Gasteiger partial charge in [-0.3, -0.25) is 4.79 Å². The van der Waals surface area contributed by atoms with Crippen molar-refractivity contribution in [3.8, 4) is 0 Å². The number of hydrogen-bond donors (Lipinski definition) is 2. The molecule has 0 aromatic heterocycles. The smallest absolute Gasteiger partial charge is 0.237 e. The molecule has 1 atom stereocenters. The van der Waals surface area contributed by atoms with E-state index in [1.807, 2.05) is 0 Å². The van der Waals surface area contributed by atoms with Crippen LogP contribution in [0.15, 0.2) is 24.3 Å². The van der Waals surface area contributed by atoms with Crippen molar-refractivity contribution < 1.29 is 17.6 Å². The minimum absolute atomic E-state index is 0.00410. The molecule has 2 N–H and O–H groups in total. The van der Waals surface area contributed by atoms with Crippen LogP contribution in [0.3, 0.4) is 0 Å². The van der Waals surface area contributed by atoms with E-state index in [1.165, 1.54) is 19.1 Å². The molecule has 1 aromatic carbocycles. The van der Waals surface area contributed by atoms with Crippen LogP contribution in [0.1, 0.15) is 38.7 Å². The highest BCUT2D eigenvalue weighted by Crippen LogP contribution is 2.47. The second-order valence-corrected chi connectivity index (χ2v) is 8.04. The molecule has 1 aromatic rings. The highest BCUT2D eigenvalue weighted by atomic mass is 32.2. The van der Waals surface area contributed by atoms with Gasteiger partial charge in [-0.1, -0.05) is 19.1 Å². The van der Waals surface area contributed by atoms with Gasteiger partial charge in [0, 0.05) is 12.0 Å². The topological polar surface area (TPSA) is 75.3 Å². The molecule has 7 heteroatoms. The molecule has 1 aliphatic rings. The SMILES string of the molecule is CCCS(=O)(=O)NC(C)C(=O)NCC1(c2ccc(F)cc2)CC1. The minimum Gasteiger partial charge on any atom is -0.354 e. The Morgan fingerprint density at radius 3 is 2.43 bits per heavy atom. The molecule has 1 aliphatic carbocycles. The summed E-state index contributed by atoms with van der Waals surface area (Å²) < 4.78 is 38.7. The molecule has 1 unspecified atom stereocenters. The quantitative estimate of drug-likeness (QED) is 0.755. The fourth-order valence-corrected chi connectivity index (χ4v) is 3.88.